The molecule has 7 rings (SSSR count). The van der Waals surface area contributed by atoms with Gasteiger partial charge in [0.15, 0.2) is 5.82 Å². The summed E-state index contributed by atoms with van der Waals surface area (Å²) in [6.07, 6.45) is 10.0. The first-order valence-corrected chi connectivity index (χ1v) is 12.2. The minimum absolute atomic E-state index is 0.694. The maximum atomic E-state index is 4.90. The van der Waals surface area contributed by atoms with Crippen LogP contribution in [-0.4, -0.2) is 53.1 Å². The van der Waals surface area contributed by atoms with Crippen molar-refractivity contribution >= 4 is 21.9 Å². The Morgan fingerprint density at radius 1 is 0.833 bits per heavy atom. The fourth-order valence-corrected chi connectivity index (χ4v) is 5.04. The van der Waals surface area contributed by atoms with Crippen LogP contribution in [0.15, 0.2) is 73.3 Å². The number of aromatic nitrogens is 7. The number of H-pyrrole nitrogens is 2. The Kier molecular flexibility index (Phi) is 5.03. The third-order valence-corrected chi connectivity index (χ3v) is 6.83. The number of aromatic amines is 2. The number of nitrogens with one attached hydrogen (secondary N) is 2. The second-order valence-corrected chi connectivity index (χ2v) is 9.25. The Balaban J connectivity index is 1.28. The molecular weight excluding hydrogens is 448 g/mol. The summed E-state index contributed by atoms with van der Waals surface area (Å²) < 4.78 is 0. The van der Waals surface area contributed by atoms with E-state index < -0.39 is 0 Å². The Morgan fingerprint density at radius 3 is 2.67 bits per heavy atom. The lowest BCUT2D eigenvalue weighted by molar-refractivity contribution is 0.331. The van der Waals surface area contributed by atoms with Crippen molar-refractivity contribution in [2.24, 2.45) is 0 Å². The van der Waals surface area contributed by atoms with Crippen LogP contribution >= 0.6 is 0 Å². The number of nitrogens with zero attached hydrogens (tertiary/aromatic N) is 6. The number of benzene rings is 1. The van der Waals surface area contributed by atoms with Gasteiger partial charge in [-0.2, -0.15) is 5.10 Å². The Labute approximate surface area is 207 Å². The Bertz CT molecular complexity index is 1680. The number of pyridine rings is 3. The summed E-state index contributed by atoms with van der Waals surface area (Å²) >= 11 is 0. The lowest BCUT2D eigenvalue weighted by atomic mass is 10.0. The van der Waals surface area contributed by atoms with E-state index in [-0.39, 0.29) is 0 Å². The largest absolute Gasteiger partial charge is 0.336 e. The zero-order valence-corrected chi connectivity index (χ0v) is 19.6. The van der Waals surface area contributed by atoms with Gasteiger partial charge in [-0.05, 0) is 73.5 Å². The van der Waals surface area contributed by atoms with Gasteiger partial charge >= 0.3 is 0 Å². The predicted octanol–water partition coefficient (Wildman–Crippen LogP) is 5.22. The van der Waals surface area contributed by atoms with Crippen LogP contribution in [0.3, 0.4) is 0 Å². The van der Waals surface area contributed by atoms with Gasteiger partial charge in [-0.1, -0.05) is 12.1 Å². The van der Waals surface area contributed by atoms with Crippen molar-refractivity contribution < 1.29 is 0 Å². The molecule has 1 fully saturated rings. The van der Waals surface area contributed by atoms with Gasteiger partial charge in [-0.15, -0.1) is 0 Å². The van der Waals surface area contributed by atoms with Crippen LogP contribution in [0.25, 0.3) is 56.0 Å². The average Bonchev–Trinajstić information content (AvgIpc) is 3.68. The molecule has 0 saturated carbocycles. The molecule has 0 unspecified atom stereocenters. The summed E-state index contributed by atoms with van der Waals surface area (Å²) in [6, 6.07) is 16.3. The molecule has 0 bridgehead atoms. The first kappa shape index (κ1) is 20.9. The molecule has 2 N–H and O–H groups in total. The van der Waals surface area contributed by atoms with E-state index in [1.54, 1.807) is 12.4 Å². The predicted molar refractivity (Wildman–Crippen MR) is 140 cm³/mol. The Morgan fingerprint density at radius 2 is 1.78 bits per heavy atom. The summed E-state index contributed by atoms with van der Waals surface area (Å²) in [5.41, 5.74) is 8.39. The zero-order valence-electron chi connectivity index (χ0n) is 19.6. The van der Waals surface area contributed by atoms with Crippen LogP contribution in [0.1, 0.15) is 18.4 Å². The van der Waals surface area contributed by atoms with E-state index in [4.69, 9.17) is 4.98 Å². The standard InChI is InChI=1S/C28H24N8/c1-2-9-30-23(5-1)26-27-24(8-10-31-26)32-28(33-27)25-21-14-19(6-7-22(21)34-35-25)20-13-18(15-29-16-20)17-36-11-3-4-12-36/h1-2,5-10,13-16H,3-4,11-12,17H2,(H,32,33)(H,34,35). The maximum Gasteiger partial charge on any atom is 0.159 e. The molecule has 0 amide bonds. The third-order valence-electron chi connectivity index (χ3n) is 6.83. The summed E-state index contributed by atoms with van der Waals surface area (Å²) in [7, 11) is 0. The normalized spacial score (nSPS) is 14.2. The summed E-state index contributed by atoms with van der Waals surface area (Å²) in [5.74, 6) is 0.694. The van der Waals surface area contributed by atoms with E-state index in [1.807, 2.05) is 36.7 Å². The van der Waals surface area contributed by atoms with Crippen molar-refractivity contribution in [2.75, 3.05) is 13.1 Å². The highest BCUT2D eigenvalue weighted by atomic mass is 15.1. The topological polar surface area (TPSA) is 99.3 Å². The maximum absolute atomic E-state index is 4.90. The van der Waals surface area contributed by atoms with Crippen molar-refractivity contribution in [3.63, 3.8) is 0 Å². The SMILES string of the molecule is c1ccc(-c2nccc3[nH]c(-c4n[nH]c5ccc(-c6cncc(CN7CCCC7)c6)cc45)nc23)nc1. The molecular formula is C28H24N8. The molecule has 1 aromatic carbocycles. The van der Waals surface area contributed by atoms with Gasteiger partial charge in [0.1, 0.15) is 16.9 Å². The van der Waals surface area contributed by atoms with Crippen LogP contribution in [0.4, 0.5) is 0 Å². The summed E-state index contributed by atoms with van der Waals surface area (Å²) in [5, 5.41) is 8.77. The van der Waals surface area contributed by atoms with Crippen LogP contribution in [0.2, 0.25) is 0 Å². The first-order chi connectivity index (χ1) is 17.8. The van der Waals surface area contributed by atoms with E-state index in [1.165, 1.54) is 31.5 Å². The highest BCUT2D eigenvalue weighted by molar-refractivity contribution is 5.97. The number of hydrogen-bond acceptors (Lipinski definition) is 6. The van der Waals surface area contributed by atoms with Crippen molar-refractivity contribution in [3.8, 4) is 34.0 Å². The van der Waals surface area contributed by atoms with Gasteiger partial charge in [-0.3, -0.25) is 25.0 Å². The van der Waals surface area contributed by atoms with E-state index in [9.17, 15) is 0 Å². The molecule has 1 saturated heterocycles. The third kappa shape index (κ3) is 3.72. The van der Waals surface area contributed by atoms with E-state index in [0.29, 0.717) is 5.82 Å². The minimum atomic E-state index is 0.694. The molecule has 36 heavy (non-hydrogen) atoms. The second-order valence-electron chi connectivity index (χ2n) is 9.25. The van der Waals surface area contributed by atoms with Gasteiger partial charge in [0, 0.05) is 42.3 Å². The van der Waals surface area contributed by atoms with Crippen molar-refractivity contribution in [1.29, 1.82) is 0 Å². The van der Waals surface area contributed by atoms with Gasteiger partial charge in [0.05, 0.1) is 16.7 Å². The molecule has 0 atom stereocenters. The van der Waals surface area contributed by atoms with Gasteiger partial charge < -0.3 is 4.98 Å². The number of likely N-dealkylation sites (tertiary alicyclic amines) is 1. The van der Waals surface area contributed by atoms with E-state index in [0.717, 1.165) is 56.7 Å². The lowest BCUT2D eigenvalue weighted by Crippen LogP contribution is -2.18. The van der Waals surface area contributed by atoms with Crippen molar-refractivity contribution in [3.05, 3.63) is 78.9 Å². The van der Waals surface area contributed by atoms with Crippen molar-refractivity contribution in [2.45, 2.75) is 19.4 Å². The molecule has 8 nitrogen and oxygen atoms in total. The van der Waals surface area contributed by atoms with Crippen LogP contribution < -0.4 is 0 Å². The number of hydrogen-bond donors (Lipinski definition) is 2. The summed E-state index contributed by atoms with van der Waals surface area (Å²) in [6.45, 7) is 3.29. The van der Waals surface area contributed by atoms with Gasteiger partial charge in [-0.25, -0.2) is 4.98 Å². The smallest absolute Gasteiger partial charge is 0.159 e. The lowest BCUT2D eigenvalue weighted by Gasteiger charge is -2.14. The fourth-order valence-electron chi connectivity index (χ4n) is 5.04. The number of rotatable bonds is 5. The fraction of sp³-hybridized carbons (Fsp3) is 0.179. The molecule has 0 spiro atoms. The van der Waals surface area contributed by atoms with E-state index in [2.05, 4.69) is 59.3 Å². The van der Waals surface area contributed by atoms with Crippen LogP contribution in [-0.2, 0) is 6.54 Å². The minimum Gasteiger partial charge on any atom is -0.336 e. The average molecular weight is 473 g/mol. The number of fused-ring (bicyclic) bond motifs is 2. The van der Waals surface area contributed by atoms with Gasteiger partial charge in [0.25, 0.3) is 0 Å². The molecule has 0 radical (unpaired) electrons. The second kappa shape index (κ2) is 8.66. The van der Waals surface area contributed by atoms with Gasteiger partial charge in [0.2, 0.25) is 0 Å². The van der Waals surface area contributed by atoms with Crippen LogP contribution in [0, 0.1) is 0 Å². The highest BCUT2D eigenvalue weighted by Gasteiger charge is 2.17. The molecule has 8 heteroatoms. The number of imidazole rings is 1. The molecule has 0 aliphatic carbocycles. The molecule has 5 aromatic heterocycles. The van der Waals surface area contributed by atoms with Crippen molar-refractivity contribution in [1.82, 2.24) is 40.0 Å². The quantitative estimate of drug-likeness (QED) is 0.357. The zero-order chi connectivity index (χ0) is 23.9. The molecule has 1 aliphatic heterocycles. The highest BCUT2D eigenvalue weighted by Crippen LogP contribution is 2.32. The molecule has 6 heterocycles. The van der Waals surface area contributed by atoms with E-state index >= 15 is 0 Å². The van der Waals surface area contributed by atoms with Crippen LogP contribution in [0.5, 0.6) is 0 Å². The summed E-state index contributed by atoms with van der Waals surface area (Å²) in [4.78, 5) is 24.4. The Hall–Kier alpha value is -4.43. The monoisotopic (exact) mass is 472 g/mol. The first-order valence-electron chi connectivity index (χ1n) is 12.2. The molecule has 1 aliphatic rings. The molecule has 6 aromatic rings. The molecule has 176 valence electrons.